The third-order valence-corrected chi connectivity index (χ3v) is 3.50. The molecule has 2 aromatic rings. The predicted molar refractivity (Wildman–Crippen MR) is 76.5 cm³/mol. The SMILES string of the molecule is CNCc1cnc(N2c3ccccc3CC2C)cn1. The normalized spacial score (nSPS) is 17.6. The van der Waals surface area contributed by atoms with Crippen LogP contribution in [0.5, 0.6) is 0 Å². The van der Waals surface area contributed by atoms with E-state index in [0.29, 0.717) is 6.04 Å². The molecule has 0 fully saturated rings. The van der Waals surface area contributed by atoms with E-state index in [-0.39, 0.29) is 0 Å². The summed E-state index contributed by atoms with van der Waals surface area (Å²) < 4.78 is 0. The average Bonchev–Trinajstić information content (AvgIpc) is 2.76. The quantitative estimate of drug-likeness (QED) is 0.912. The Bertz CT molecular complexity index is 565. The molecule has 0 amide bonds. The van der Waals surface area contributed by atoms with Gasteiger partial charge in [-0.3, -0.25) is 4.98 Å². The molecule has 0 aliphatic carbocycles. The Balaban J connectivity index is 1.93. The van der Waals surface area contributed by atoms with Gasteiger partial charge >= 0.3 is 0 Å². The third kappa shape index (κ3) is 2.19. The van der Waals surface area contributed by atoms with Gasteiger partial charge in [0, 0.05) is 18.3 Å². The molecule has 1 aromatic carbocycles. The molecule has 1 aromatic heterocycles. The molecule has 1 atom stereocenters. The van der Waals surface area contributed by atoms with Gasteiger partial charge in [-0.05, 0) is 32.0 Å². The van der Waals surface area contributed by atoms with Crippen LogP contribution in [0.25, 0.3) is 0 Å². The van der Waals surface area contributed by atoms with Crippen molar-refractivity contribution in [2.24, 2.45) is 0 Å². The van der Waals surface area contributed by atoms with Crippen LogP contribution in [0, 0.1) is 0 Å². The molecule has 4 heteroatoms. The van der Waals surface area contributed by atoms with Gasteiger partial charge in [-0.15, -0.1) is 0 Å². The number of hydrogen-bond acceptors (Lipinski definition) is 4. The Kier molecular flexibility index (Phi) is 3.17. The zero-order chi connectivity index (χ0) is 13.2. The van der Waals surface area contributed by atoms with Crippen LogP contribution >= 0.6 is 0 Å². The van der Waals surface area contributed by atoms with Gasteiger partial charge in [0.2, 0.25) is 0 Å². The summed E-state index contributed by atoms with van der Waals surface area (Å²) in [4.78, 5) is 11.3. The largest absolute Gasteiger partial charge is 0.322 e. The molecule has 0 bridgehead atoms. The van der Waals surface area contributed by atoms with Crippen molar-refractivity contribution in [3.8, 4) is 0 Å². The topological polar surface area (TPSA) is 41.1 Å². The van der Waals surface area contributed by atoms with Crippen molar-refractivity contribution >= 4 is 11.5 Å². The van der Waals surface area contributed by atoms with Crippen LogP contribution in [-0.4, -0.2) is 23.1 Å². The van der Waals surface area contributed by atoms with Crippen LogP contribution in [0.3, 0.4) is 0 Å². The number of benzene rings is 1. The lowest BCUT2D eigenvalue weighted by Crippen LogP contribution is -2.25. The standard InChI is InChI=1S/C15H18N4/c1-11-7-12-5-3-4-6-14(12)19(11)15-10-17-13(8-16-2)9-18-15/h3-6,9-11,16H,7-8H2,1-2H3. The molecule has 0 spiro atoms. The zero-order valence-corrected chi connectivity index (χ0v) is 11.3. The van der Waals surface area contributed by atoms with Crippen molar-refractivity contribution in [3.63, 3.8) is 0 Å². The minimum absolute atomic E-state index is 0.432. The smallest absolute Gasteiger partial charge is 0.151 e. The van der Waals surface area contributed by atoms with E-state index in [1.54, 1.807) is 0 Å². The number of nitrogens with zero attached hydrogens (tertiary/aromatic N) is 3. The maximum atomic E-state index is 4.55. The molecule has 19 heavy (non-hydrogen) atoms. The van der Waals surface area contributed by atoms with E-state index in [0.717, 1.165) is 24.5 Å². The first-order chi connectivity index (χ1) is 9.29. The first-order valence-corrected chi connectivity index (χ1v) is 6.62. The molecular weight excluding hydrogens is 236 g/mol. The summed E-state index contributed by atoms with van der Waals surface area (Å²) in [5.41, 5.74) is 3.60. The molecule has 0 saturated carbocycles. The highest BCUT2D eigenvalue weighted by Crippen LogP contribution is 2.36. The van der Waals surface area contributed by atoms with Crippen LogP contribution in [0.4, 0.5) is 11.5 Å². The highest BCUT2D eigenvalue weighted by molar-refractivity contribution is 5.68. The molecule has 98 valence electrons. The lowest BCUT2D eigenvalue weighted by atomic mass is 10.1. The van der Waals surface area contributed by atoms with Gasteiger partial charge in [-0.1, -0.05) is 18.2 Å². The number of anilines is 2. The molecule has 1 unspecified atom stereocenters. The van der Waals surface area contributed by atoms with E-state index in [2.05, 4.69) is 51.4 Å². The second-order valence-electron chi connectivity index (χ2n) is 4.95. The Morgan fingerprint density at radius 3 is 2.84 bits per heavy atom. The zero-order valence-electron chi connectivity index (χ0n) is 11.3. The van der Waals surface area contributed by atoms with Crippen molar-refractivity contribution in [1.82, 2.24) is 15.3 Å². The highest BCUT2D eigenvalue weighted by Gasteiger charge is 2.27. The van der Waals surface area contributed by atoms with E-state index in [4.69, 9.17) is 0 Å². The second kappa shape index (κ2) is 4.97. The van der Waals surface area contributed by atoms with E-state index >= 15 is 0 Å². The Hall–Kier alpha value is -1.94. The van der Waals surface area contributed by atoms with Crippen LogP contribution in [0.15, 0.2) is 36.7 Å². The monoisotopic (exact) mass is 254 g/mol. The molecule has 1 aliphatic rings. The predicted octanol–water partition coefficient (Wildman–Crippen LogP) is 2.28. The Morgan fingerprint density at radius 2 is 2.11 bits per heavy atom. The fourth-order valence-corrected chi connectivity index (χ4v) is 2.66. The van der Waals surface area contributed by atoms with Crippen LogP contribution in [-0.2, 0) is 13.0 Å². The molecule has 0 saturated heterocycles. The van der Waals surface area contributed by atoms with Crippen molar-refractivity contribution in [2.75, 3.05) is 11.9 Å². The maximum Gasteiger partial charge on any atom is 0.151 e. The first kappa shape index (κ1) is 12.1. The van der Waals surface area contributed by atoms with Gasteiger partial charge in [-0.25, -0.2) is 4.98 Å². The number of fused-ring (bicyclic) bond motifs is 1. The lowest BCUT2D eigenvalue weighted by molar-refractivity contribution is 0.741. The molecule has 4 nitrogen and oxygen atoms in total. The van der Waals surface area contributed by atoms with Gasteiger partial charge in [0.1, 0.15) is 0 Å². The van der Waals surface area contributed by atoms with Gasteiger partial charge < -0.3 is 10.2 Å². The summed E-state index contributed by atoms with van der Waals surface area (Å²) in [5.74, 6) is 0.928. The van der Waals surface area contributed by atoms with Gasteiger partial charge in [0.05, 0.1) is 18.1 Å². The van der Waals surface area contributed by atoms with E-state index < -0.39 is 0 Å². The van der Waals surface area contributed by atoms with E-state index in [1.165, 1.54) is 11.3 Å². The molecular formula is C15H18N4. The molecule has 3 rings (SSSR count). The summed E-state index contributed by atoms with van der Waals surface area (Å²) in [6, 6.07) is 8.95. The summed E-state index contributed by atoms with van der Waals surface area (Å²) in [6.07, 6.45) is 4.78. The summed E-state index contributed by atoms with van der Waals surface area (Å²) in [6.45, 7) is 2.97. The van der Waals surface area contributed by atoms with E-state index in [1.807, 2.05) is 19.4 Å². The Morgan fingerprint density at radius 1 is 1.26 bits per heavy atom. The summed E-state index contributed by atoms with van der Waals surface area (Å²) >= 11 is 0. The average molecular weight is 254 g/mol. The number of hydrogen-bond donors (Lipinski definition) is 1. The van der Waals surface area contributed by atoms with Crippen molar-refractivity contribution in [1.29, 1.82) is 0 Å². The lowest BCUT2D eigenvalue weighted by Gasteiger charge is -2.23. The third-order valence-electron chi connectivity index (χ3n) is 3.50. The molecule has 0 radical (unpaired) electrons. The second-order valence-corrected chi connectivity index (χ2v) is 4.95. The van der Waals surface area contributed by atoms with Crippen molar-refractivity contribution < 1.29 is 0 Å². The summed E-state index contributed by atoms with van der Waals surface area (Å²) in [7, 11) is 1.91. The van der Waals surface area contributed by atoms with Crippen molar-refractivity contribution in [2.45, 2.75) is 25.9 Å². The van der Waals surface area contributed by atoms with Gasteiger partial charge in [0.15, 0.2) is 5.82 Å². The molecule has 2 heterocycles. The Labute approximate surface area is 113 Å². The number of para-hydroxylation sites is 1. The van der Waals surface area contributed by atoms with Gasteiger partial charge in [0.25, 0.3) is 0 Å². The molecule has 1 N–H and O–H groups in total. The fourth-order valence-electron chi connectivity index (χ4n) is 2.66. The minimum atomic E-state index is 0.432. The van der Waals surface area contributed by atoms with Crippen molar-refractivity contribution in [3.05, 3.63) is 47.9 Å². The van der Waals surface area contributed by atoms with E-state index in [9.17, 15) is 0 Å². The van der Waals surface area contributed by atoms with Crippen LogP contribution in [0.1, 0.15) is 18.2 Å². The summed E-state index contributed by atoms with van der Waals surface area (Å²) in [5, 5.41) is 3.08. The highest BCUT2D eigenvalue weighted by atomic mass is 15.2. The minimum Gasteiger partial charge on any atom is -0.322 e. The maximum absolute atomic E-state index is 4.55. The number of rotatable bonds is 3. The van der Waals surface area contributed by atoms with Crippen LogP contribution < -0.4 is 10.2 Å². The number of aromatic nitrogens is 2. The van der Waals surface area contributed by atoms with Crippen LogP contribution in [0.2, 0.25) is 0 Å². The fraction of sp³-hybridized carbons (Fsp3) is 0.333. The van der Waals surface area contributed by atoms with Gasteiger partial charge in [-0.2, -0.15) is 0 Å². The molecule has 1 aliphatic heterocycles. The first-order valence-electron chi connectivity index (χ1n) is 6.62. The number of nitrogens with one attached hydrogen (secondary N) is 1.